The van der Waals surface area contributed by atoms with Gasteiger partial charge in [0.05, 0.1) is 69.7 Å². The molecule has 0 atom stereocenters. The van der Waals surface area contributed by atoms with Crippen molar-refractivity contribution in [1.29, 1.82) is 0 Å². The van der Waals surface area contributed by atoms with Crippen LogP contribution in [-0.2, 0) is 43.4 Å². The molecule has 0 aliphatic carbocycles. The second-order valence-corrected chi connectivity index (χ2v) is 19.0. The van der Waals surface area contributed by atoms with E-state index in [0.29, 0.717) is 5.56 Å². The normalized spacial score (nSPS) is 8.93. The van der Waals surface area contributed by atoms with Crippen molar-refractivity contribution in [2.75, 3.05) is 47.2 Å². The number of hydrogen-bond donors (Lipinski definition) is 0. The summed E-state index contributed by atoms with van der Waals surface area (Å²) in [5, 5.41) is 29.7. The Bertz CT molecular complexity index is 1580. The summed E-state index contributed by atoms with van der Waals surface area (Å²) in [5.74, 6) is 2.31. The van der Waals surface area contributed by atoms with Crippen LogP contribution in [0.25, 0.3) is 11.0 Å². The third kappa shape index (κ3) is 30.9. The van der Waals surface area contributed by atoms with Gasteiger partial charge in [0.1, 0.15) is 0 Å². The largest absolute Gasteiger partial charge is 2.00 e. The Morgan fingerprint density at radius 2 is 1.00 bits per heavy atom. The molecule has 0 aliphatic rings. The molecule has 0 N–H and O–H groups in total. The smallest absolute Gasteiger partial charge is 0.366 e. The first-order valence-electron chi connectivity index (χ1n) is 17.3. The third-order valence-electron chi connectivity index (χ3n) is 7.37. The van der Waals surface area contributed by atoms with Gasteiger partial charge in [-0.15, -0.1) is 34.8 Å². The molecule has 57 heavy (non-hydrogen) atoms. The van der Waals surface area contributed by atoms with Crippen molar-refractivity contribution in [3.05, 3.63) is 146 Å². The maximum absolute atomic E-state index is 8.25. The number of benzene rings is 3. The number of alkyl halides is 2. The van der Waals surface area contributed by atoms with E-state index in [1.807, 2.05) is 73.1 Å². The summed E-state index contributed by atoms with van der Waals surface area (Å²) in [4.78, 5) is 22.8. The Morgan fingerprint density at radius 1 is 0.649 bits per heavy atom. The molecule has 3 aromatic carbocycles. The number of rotatable bonds is 9. The van der Waals surface area contributed by atoms with Crippen LogP contribution >= 0.6 is 50.8 Å². The molecule has 0 unspecified atom stereocenters. The zero-order chi connectivity index (χ0) is 41.9. The van der Waals surface area contributed by atoms with E-state index in [4.69, 9.17) is 60.3 Å². The van der Waals surface area contributed by atoms with Crippen molar-refractivity contribution in [3.8, 4) is 5.92 Å². The summed E-state index contributed by atoms with van der Waals surface area (Å²) in [6.45, 7) is 13.8. The average molecular weight is 1160 g/mol. The molecule has 0 saturated heterocycles. The Hall–Kier alpha value is -2.74. The molecular formula is C38H51AgCl2N6O6P2PtS+2. The van der Waals surface area contributed by atoms with Crippen LogP contribution in [0.3, 0.4) is 0 Å². The van der Waals surface area contributed by atoms with E-state index < -0.39 is 10.2 Å². The second kappa shape index (κ2) is 41.4. The van der Waals surface area contributed by atoms with Crippen molar-refractivity contribution in [1.82, 2.24) is 13.7 Å². The number of fused-ring (bicyclic) bond motifs is 1. The van der Waals surface area contributed by atoms with E-state index in [1.165, 1.54) is 37.0 Å². The van der Waals surface area contributed by atoms with Gasteiger partial charge in [-0.1, -0.05) is 42.5 Å². The van der Waals surface area contributed by atoms with Gasteiger partial charge in [0.2, 0.25) is 0 Å². The van der Waals surface area contributed by atoms with Crippen molar-refractivity contribution in [2.24, 2.45) is 0 Å². The SMILES string of the molecule is CC[PH+](CC)CC.CC[PH+](CC)CC.ClCCl.O=[N+]([O-])[O-].O=[N+]([O-])[O-].[Ag+].[C-]#Cc1cccc2nsnc12.[Pt+2].c1ccc(N(c2ccccc2)c2ccncc2)cc1. The molecule has 0 amide bonds. The predicted molar refractivity (Wildman–Crippen MR) is 240 cm³/mol. The summed E-state index contributed by atoms with van der Waals surface area (Å²) in [7, 11) is 0.275. The van der Waals surface area contributed by atoms with Gasteiger partial charge < -0.3 is 42.0 Å². The van der Waals surface area contributed by atoms with E-state index in [9.17, 15) is 0 Å². The minimum absolute atomic E-state index is 0. The molecule has 12 nitrogen and oxygen atoms in total. The van der Waals surface area contributed by atoms with Gasteiger partial charge in [-0.25, -0.2) is 0 Å². The van der Waals surface area contributed by atoms with Crippen LogP contribution in [0.2, 0.25) is 0 Å². The van der Waals surface area contributed by atoms with E-state index in [-0.39, 0.29) is 64.6 Å². The first-order valence-corrected chi connectivity index (χ1v) is 23.3. The fraction of sp³-hybridized carbons (Fsp3) is 0.342. The zero-order valence-corrected chi connectivity index (χ0v) is 40.8. The van der Waals surface area contributed by atoms with Crippen molar-refractivity contribution >= 4 is 78.9 Å². The van der Waals surface area contributed by atoms with Crippen molar-refractivity contribution in [3.63, 3.8) is 0 Å². The second-order valence-electron chi connectivity index (χ2n) is 10.4. The molecular weight excluding hydrogens is 1100 g/mol. The van der Waals surface area contributed by atoms with Gasteiger partial charge in [-0.3, -0.25) is 10.9 Å². The van der Waals surface area contributed by atoms with Crippen LogP contribution in [0.15, 0.2) is 103 Å². The van der Waals surface area contributed by atoms with Gasteiger partial charge in [0.15, 0.2) is 0 Å². The van der Waals surface area contributed by atoms with Crippen LogP contribution in [0.4, 0.5) is 17.1 Å². The van der Waals surface area contributed by atoms with Crippen molar-refractivity contribution in [2.45, 2.75) is 41.5 Å². The molecule has 0 spiro atoms. The number of halogens is 2. The molecule has 2 aromatic heterocycles. The molecule has 0 bridgehead atoms. The molecule has 0 radical (unpaired) electrons. The maximum atomic E-state index is 8.25. The number of nitrogens with zero attached hydrogens (tertiary/aromatic N) is 6. The van der Waals surface area contributed by atoms with Gasteiger partial charge in [-0.05, 0) is 99.9 Å². The Balaban J connectivity index is -0.000000319. The molecule has 2 heterocycles. The number of pyridine rings is 1. The first kappa shape index (κ1) is 60.9. The Kier molecular flexibility index (Phi) is 44.3. The van der Waals surface area contributed by atoms with E-state index in [1.54, 1.807) is 6.07 Å². The van der Waals surface area contributed by atoms with E-state index in [2.05, 4.69) is 90.4 Å². The molecule has 19 heteroatoms. The van der Waals surface area contributed by atoms with Crippen LogP contribution < -0.4 is 4.90 Å². The van der Waals surface area contributed by atoms with E-state index in [0.717, 1.165) is 39.8 Å². The Morgan fingerprint density at radius 3 is 1.32 bits per heavy atom. The molecule has 5 rings (SSSR count). The summed E-state index contributed by atoms with van der Waals surface area (Å²) < 4.78 is 8.07. The van der Waals surface area contributed by atoms with Crippen molar-refractivity contribution < 1.29 is 53.6 Å². The molecule has 0 saturated carbocycles. The standard InChI is InChI=1S/C17H14N2.C8H3N2S.2C6H15P.CH2Cl2.Ag.2NO3.Pt/c1-3-7-15(8-4-1)19(16-9-5-2-6-10-16)17-11-13-18-14-12-17;1-2-6-4-3-5-7-8(6)10-11-9-7;2*1-4-7(5-2)6-3;2-1-3;;2*2-1(3)4;/h1-14H;3-5H;2*4-6H2,1-3H3;1H2;;;;/q;-1;;;;+1;2*-1;+2/p+2. The quantitative estimate of drug-likeness (QED) is 0.0263. The third-order valence-corrected chi connectivity index (χ3v) is 13.9. The van der Waals surface area contributed by atoms with Gasteiger partial charge in [0, 0.05) is 35.0 Å². The average Bonchev–Trinajstić information content (AvgIpc) is 3.68. The molecule has 0 aliphatic heterocycles. The summed E-state index contributed by atoms with van der Waals surface area (Å²) >= 11 is 10.7. The van der Waals surface area contributed by atoms with E-state index >= 15 is 0 Å². The topological polar surface area (TPSA) is 174 Å². The monoisotopic (exact) mass is 1150 g/mol. The fourth-order valence-electron chi connectivity index (χ4n) is 4.50. The number of anilines is 3. The number of aromatic nitrogens is 3. The molecule has 0 fully saturated rings. The number of para-hydroxylation sites is 2. The van der Waals surface area contributed by atoms with Crippen LogP contribution in [-0.4, -0.2) is 66.2 Å². The summed E-state index contributed by atoms with van der Waals surface area (Å²) in [5.41, 5.74) is 5.70. The zero-order valence-electron chi connectivity index (χ0n) is 32.7. The van der Waals surface area contributed by atoms with Crippen LogP contribution in [0, 0.1) is 43.0 Å². The summed E-state index contributed by atoms with van der Waals surface area (Å²) in [6.07, 6.45) is 19.3. The van der Waals surface area contributed by atoms with Gasteiger partial charge >= 0.3 is 43.4 Å². The summed E-state index contributed by atoms with van der Waals surface area (Å²) in [6, 6.07) is 30.2. The molecule has 318 valence electrons. The fourth-order valence-corrected chi connectivity index (χ4v) is 8.05. The maximum Gasteiger partial charge on any atom is 2.00 e. The minimum atomic E-state index is -1.75. The first-order chi connectivity index (χ1) is 26.4. The predicted octanol–water partition coefficient (Wildman–Crippen LogP) is 11.6. The minimum Gasteiger partial charge on any atom is -0.366 e. The van der Waals surface area contributed by atoms with Gasteiger partial charge in [-0.2, -0.15) is 8.75 Å². The number of hydrogen-bond acceptors (Lipinski definition) is 11. The van der Waals surface area contributed by atoms with Crippen LogP contribution in [0.5, 0.6) is 0 Å². The molecule has 5 aromatic rings. The van der Waals surface area contributed by atoms with Gasteiger partial charge in [0.25, 0.3) is 0 Å². The Labute approximate surface area is 384 Å². The van der Waals surface area contributed by atoms with Crippen LogP contribution in [0.1, 0.15) is 47.1 Å².